The molecule has 0 fully saturated rings. The Labute approximate surface area is 305 Å². The number of para-hydroxylation sites is 4. The number of anilines is 6. The topological polar surface area (TPSA) is 19.6 Å². The summed E-state index contributed by atoms with van der Waals surface area (Å²) >= 11 is 1.85. The maximum absolute atomic E-state index is 6.15. The van der Waals surface area contributed by atoms with Crippen LogP contribution < -0.4 is 9.80 Å². The van der Waals surface area contributed by atoms with Gasteiger partial charge in [0.15, 0.2) is 0 Å². The summed E-state index contributed by atoms with van der Waals surface area (Å²) in [6.45, 7) is 0. The fraction of sp³-hybridized carbons (Fsp3) is 0. The molecule has 246 valence electrons. The molecule has 52 heavy (non-hydrogen) atoms. The van der Waals surface area contributed by atoms with Gasteiger partial charge in [0.25, 0.3) is 0 Å². The van der Waals surface area contributed by atoms with Crippen molar-refractivity contribution in [2.24, 2.45) is 0 Å². The number of rotatable bonds is 7. The van der Waals surface area contributed by atoms with Crippen molar-refractivity contribution in [1.82, 2.24) is 0 Å². The molecule has 2 heterocycles. The highest BCUT2D eigenvalue weighted by molar-refractivity contribution is 7.25. The van der Waals surface area contributed by atoms with Gasteiger partial charge in [-0.3, -0.25) is 0 Å². The van der Waals surface area contributed by atoms with Crippen LogP contribution >= 0.6 is 11.3 Å². The van der Waals surface area contributed by atoms with Gasteiger partial charge in [0.1, 0.15) is 11.2 Å². The summed E-state index contributed by atoms with van der Waals surface area (Å²) in [6, 6.07) is 69.1. The Bertz CT molecular complexity index is 2800. The van der Waals surface area contributed by atoms with E-state index in [-0.39, 0.29) is 0 Å². The van der Waals surface area contributed by atoms with E-state index in [1.54, 1.807) is 0 Å². The molecular weight excluding hydrogens is 653 g/mol. The van der Waals surface area contributed by atoms with Gasteiger partial charge < -0.3 is 14.2 Å². The zero-order valence-electron chi connectivity index (χ0n) is 28.2. The fourth-order valence-electron chi connectivity index (χ4n) is 7.37. The lowest BCUT2D eigenvalue weighted by Crippen LogP contribution is -2.09. The van der Waals surface area contributed by atoms with Gasteiger partial charge in [0.05, 0.1) is 0 Å². The van der Waals surface area contributed by atoms with Crippen LogP contribution in [0.3, 0.4) is 0 Å². The fourth-order valence-corrected chi connectivity index (χ4v) is 8.49. The van der Waals surface area contributed by atoms with Crippen molar-refractivity contribution < 1.29 is 4.42 Å². The van der Waals surface area contributed by atoms with E-state index >= 15 is 0 Å². The van der Waals surface area contributed by atoms with E-state index in [0.29, 0.717) is 0 Å². The lowest BCUT2D eigenvalue weighted by atomic mass is 10.0. The first-order valence-electron chi connectivity index (χ1n) is 17.5. The maximum Gasteiger partial charge on any atom is 0.135 e. The van der Waals surface area contributed by atoms with Crippen molar-refractivity contribution in [2.45, 2.75) is 0 Å². The normalized spacial score (nSPS) is 11.5. The number of hydrogen-bond donors (Lipinski definition) is 0. The largest absolute Gasteiger partial charge is 0.456 e. The first kappa shape index (κ1) is 30.2. The summed E-state index contributed by atoms with van der Waals surface area (Å²) in [6.07, 6.45) is 0. The standard InChI is InChI=1S/C48H32N2OS/c1-4-12-35(13-5-1)49(36-14-6-2-7-15-36)40-26-29-47-44(32-40)42-27-22-34(30-48(42)52-47)33-20-23-38(24-21-33)50(37-16-8-3-9-17-37)39-25-28-46-43(31-39)41-18-10-11-19-45(41)51-46/h1-32H. The molecule has 0 saturated carbocycles. The number of furan rings is 1. The lowest BCUT2D eigenvalue weighted by Gasteiger charge is -2.25. The highest BCUT2D eigenvalue weighted by Gasteiger charge is 2.17. The summed E-state index contributed by atoms with van der Waals surface area (Å²) < 4.78 is 8.72. The Kier molecular flexibility index (Phi) is 7.33. The highest BCUT2D eigenvalue weighted by Crippen LogP contribution is 2.43. The molecule has 10 rings (SSSR count). The predicted octanol–water partition coefficient (Wildman–Crippen LogP) is 14.6. The zero-order chi connectivity index (χ0) is 34.4. The molecule has 0 aliphatic rings. The van der Waals surface area contributed by atoms with Crippen molar-refractivity contribution in [3.8, 4) is 11.1 Å². The third-order valence-corrected chi connectivity index (χ3v) is 11.0. The van der Waals surface area contributed by atoms with Gasteiger partial charge in [0, 0.05) is 65.1 Å². The van der Waals surface area contributed by atoms with Crippen LogP contribution in [0.25, 0.3) is 53.2 Å². The number of fused-ring (bicyclic) bond motifs is 6. The second-order valence-corrected chi connectivity index (χ2v) is 14.1. The van der Waals surface area contributed by atoms with Gasteiger partial charge in [-0.25, -0.2) is 0 Å². The van der Waals surface area contributed by atoms with Gasteiger partial charge in [-0.15, -0.1) is 11.3 Å². The molecule has 0 aliphatic carbocycles. The number of hydrogen-bond acceptors (Lipinski definition) is 4. The average molecular weight is 685 g/mol. The van der Waals surface area contributed by atoms with Crippen LogP contribution in [0.2, 0.25) is 0 Å². The highest BCUT2D eigenvalue weighted by atomic mass is 32.1. The van der Waals surface area contributed by atoms with E-state index in [9.17, 15) is 0 Å². The Morgan fingerprint density at radius 3 is 1.46 bits per heavy atom. The second-order valence-electron chi connectivity index (χ2n) is 13.0. The smallest absolute Gasteiger partial charge is 0.135 e. The van der Waals surface area contributed by atoms with E-state index in [1.165, 1.54) is 31.3 Å². The van der Waals surface area contributed by atoms with Gasteiger partial charge >= 0.3 is 0 Å². The van der Waals surface area contributed by atoms with Crippen LogP contribution in [-0.2, 0) is 0 Å². The van der Waals surface area contributed by atoms with Crippen molar-refractivity contribution in [3.05, 3.63) is 194 Å². The third kappa shape index (κ3) is 5.29. The summed E-state index contributed by atoms with van der Waals surface area (Å²) in [5, 5.41) is 4.79. The molecule has 0 atom stereocenters. The molecule has 0 aliphatic heterocycles. The first-order valence-corrected chi connectivity index (χ1v) is 18.3. The molecule has 0 saturated heterocycles. The van der Waals surface area contributed by atoms with Gasteiger partial charge in [0.2, 0.25) is 0 Å². The molecule has 8 aromatic carbocycles. The molecule has 0 bridgehead atoms. The summed E-state index contributed by atoms with van der Waals surface area (Å²) in [5.41, 5.74) is 10.9. The Balaban J connectivity index is 1.01. The molecule has 4 heteroatoms. The summed E-state index contributed by atoms with van der Waals surface area (Å²) in [7, 11) is 0. The SMILES string of the molecule is c1ccc(N(c2ccc(-c3ccc4c(c3)sc3ccc(N(c5ccccc5)c5ccccc5)cc34)cc2)c2ccc3oc4ccccc4c3c2)cc1. The zero-order valence-corrected chi connectivity index (χ0v) is 29.0. The molecule has 0 unspecified atom stereocenters. The molecular formula is C48H32N2OS. The first-order chi connectivity index (χ1) is 25.8. The minimum Gasteiger partial charge on any atom is -0.456 e. The second kappa shape index (κ2) is 12.6. The number of thiophene rings is 1. The van der Waals surface area contributed by atoms with E-state index < -0.39 is 0 Å². The predicted molar refractivity (Wildman–Crippen MR) is 221 cm³/mol. The Hall–Kier alpha value is -6.62. The summed E-state index contributed by atoms with van der Waals surface area (Å²) in [5.74, 6) is 0. The number of nitrogens with zero attached hydrogens (tertiary/aromatic N) is 2. The lowest BCUT2D eigenvalue weighted by molar-refractivity contribution is 0.669. The molecule has 2 aromatic heterocycles. The Morgan fingerprint density at radius 1 is 0.308 bits per heavy atom. The van der Waals surface area contributed by atoms with Gasteiger partial charge in [-0.05, 0) is 108 Å². The Morgan fingerprint density at radius 2 is 0.808 bits per heavy atom. The van der Waals surface area contributed by atoms with E-state index in [0.717, 1.165) is 56.1 Å². The minimum absolute atomic E-state index is 0.894. The van der Waals surface area contributed by atoms with Crippen LogP contribution in [0.4, 0.5) is 34.1 Å². The number of benzene rings is 8. The van der Waals surface area contributed by atoms with E-state index in [1.807, 2.05) is 23.5 Å². The molecule has 0 radical (unpaired) electrons. The summed E-state index contributed by atoms with van der Waals surface area (Å²) in [4.78, 5) is 4.64. The van der Waals surface area contributed by atoms with E-state index in [4.69, 9.17) is 4.42 Å². The van der Waals surface area contributed by atoms with Crippen LogP contribution in [0.5, 0.6) is 0 Å². The van der Waals surface area contributed by atoms with Gasteiger partial charge in [-0.1, -0.05) is 97.1 Å². The van der Waals surface area contributed by atoms with Crippen LogP contribution in [0, 0.1) is 0 Å². The van der Waals surface area contributed by atoms with Crippen molar-refractivity contribution in [2.75, 3.05) is 9.80 Å². The van der Waals surface area contributed by atoms with Gasteiger partial charge in [-0.2, -0.15) is 0 Å². The van der Waals surface area contributed by atoms with E-state index in [2.05, 4.69) is 192 Å². The molecule has 0 N–H and O–H groups in total. The average Bonchev–Trinajstić information content (AvgIpc) is 3.77. The van der Waals surface area contributed by atoms with Crippen LogP contribution in [0.15, 0.2) is 199 Å². The maximum atomic E-state index is 6.15. The third-order valence-electron chi connectivity index (χ3n) is 9.83. The molecule has 10 aromatic rings. The monoisotopic (exact) mass is 684 g/mol. The van der Waals surface area contributed by atoms with Crippen molar-refractivity contribution in [3.63, 3.8) is 0 Å². The minimum atomic E-state index is 0.894. The molecule has 0 spiro atoms. The molecule has 0 amide bonds. The van der Waals surface area contributed by atoms with Crippen molar-refractivity contribution >= 4 is 87.6 Å². The van der Waals surface area contributed by atoms with Crippen LogP contribution in [0.1, 0.15) is 0 Å². The molecule has 3 nitrogen and oxygen atoms in total. The quantitative estimate of drug-likeness (QED) is 0.167. The van der Waals surface area contributed by atoms with Crippen molar-refractivity contribution in [1.29, 1.82) is 0 Å². The van der Waals surface area contributed by atoms with Crippen LogP contribution in [-0.4, -0.2) is 0 Å².